The Bertz CT molecular complexity index is 583. The van der Waals surface area contributed by atoms with Crippen LogP contribution in [0.3, 0.4) is 0 Å². The lowest BCUT2D eigenvalue weighted by atomic mass is 9.93. The number of fused-ring (bicyclic) bond motifs is 1. The molecule has 2 aromatic rings. The number of carbonyl (C=O) groups is 1. The molecule has 1 aliphatic rings. The third-order valence-corrected chi connectivity index (χ3v) is 3.61. The fourth-order valence-corrected chi connectivity index (χ4v) is 2.74. The number of hydrogen-bond donors (Lipinski definition) is 0. The maximum Gasteiger partial charge on any atom is 0.309 e. The average Bonchev–Trinajstić information content (AvgIpc) is 2.68. The summed E-state index contributed by atoms with van der Waals surface area (Å²) >= 11 is 0. The molecular weight excluding hydrogens is 224 g/mol. The van der Waals surface area contributed by atoms with Crippen LogP contribution in [0.5, 0.6) is 0 Å². The molecule has 2 heteroatoms. The fourth-order valence-electron chi connectivity index (χ4n) is 2.74. The van der Waals surface area contributed by atoms with E-state index in [1.165, 1.54) is 16.3 Å². The van der Waals surface area contributed by atoms with Gasteiger partial charge in [-0.05, 0) is 36.1 Å². The molecule has 1 aliphatic heterocycles. The van der Waals surface area contributed by atoms with E-state index in [4.69, 9.17) is 4.74 Å². The second kappa shape index (κ2) is 4.45. The van der Waals surface area contributed by atoms with Crippen LogP contribution in [0, 0.1) is 5.92 Å². The number of carbonyl (C=O) groups excluding carboxylic acids is 1. The van der Waals surface area contributed by atoms with Crippen LogP contribution in [-0.4, -0.2) is 12.1 Å². The van der Waals surface area contributed by atoms with Crippen molar-refractivity contribution in [2.45, 2.75) is 25.9 Å². The quantitative estimate of drug-likeness (QED) is 0.753. The maximum atomic E-state index is 11.7. The second-order valence-corrected chi connectivity index (χ2v) is 5.02. The predicted octanol–water partition coefficient (Wildman–Crippen LogP) is 3.33. The van der Waals surface area contributed by atoms with Crippen LogP contribution < -0.4 is 0 Å². The lowest BCUT2D eigenvalue weighted by Gasteiger charge is -2.09. The first-order chi connectivity index (χ1) is 8.74. The van der Waals surface area contributed by atoms with Gasteiger partial charge in [0, 0.05) is 0 Å². The van der Waals surface area contributed by atoms with Gasteiger partial charge in [0.05, 0.1) is 12.0 Å². The molecule has 92 valence electrons. The Balaban J connectivity index is 1.93. The van der Waals surface area contributed by atoms with Gasteiger partial charge < -0.3 is 4.74 Å². The van der Waals surface area contributed by atoms with E-state index in [9.17, 15) is 4.79 Å². The van der Waals surface area contributed by atoms with Gasteiger partial charge in [-0.3, -0.25) is 4.79 Å². The van der Waals surface area contributed by atoms with Gasteiger partial charge >= 0.3 is 5.97 Å². The highest BCUT2D eigenvalue weighted by atomic mass is 16.5. The summed E-state index contributed by atoms with van der Waals surface area (Å²) in [5, 5.41) is 2.47. The van der Waals surface area contributed by atoms with Gasteiger partial charge in [0.2, 0.25) is 0 Å². The van der Waals surface area contributed by atoms with Crippen LogP contribution in [0.15, 0.2) is 42.5 Å². The fraction of sp³-hybridized carbons (Fsp3) is 0.312. The van der Waals surface area contributed by atoms with Crippen molar-refractivity contribution in [1.29, 1.82) is 0 Å². The molecular formula is C16H16O2. The molecule has 1 fully saturated rings. The summed E-state index contributed by atoms with van der Waals surface area (Å²) in [4.78, 5) is 11.7. The molecule has 0 amide bonds. The zero-order valence-corrected chi connectivity index (χ0v) is 10.4. The number of cyclic esters (lactones) is 1. The molecule has 0 aromatic heterocycles. The molecule has 0 saturated carbocycles. The second-order valence-electron chi connectivity index (χ2n) is 5.02. The number of hydrogen-bond acceptors (Lipinski definition) is 2. The molecule has 0 radical (unpaired) electrons. The average molecular weight is 240 g/mol. The molecule has 1 saturated heterocycles. The largest absolute Gasteiger partial charge is 0.462 e. The number of rotatable bonds is 2. The Morgan fingerprint density at radius 2 is 1.94 bits per heavy atom. The molecule has 2 atom stereocenters. The van der Waals surface area contributed by atoms with Crippen molar-refractivity contribution in [3.8, 4) is 0 Å². The van der Waals surface area contributed by atoms with Crippen LogP contribution in [0.25, 0.3) is 10.8 Å². The molecule has 0 bridgehead atoms. The summed E-state index contributed by atoms with van der Waals surface area (Å²) in [5.74, 6) is -0.0266. The van der Waals surface area contributed by atoms with Gasteiger partial charge in [-0.1, -0.05) is 42.5 Å². The third kappa shape index (κ3) is 1.99. The molecule has 1 heterocycles. The highest BCUT2D eigenvalue weighted by Gasteiger charge is 2.31. The van der Waals surface area contributed by atoms with E-state index in [-0.39, 0.29) is 18.0 Å². The van der Waals surface area contributed by atoms with Gasteiger partial charge in [-0.2, -0.15) is 0 Å². The van der Waals surface area contributed by atoms with E-state index in [0.29, 0.717) is 0 Å². The zero-order valence-electron chi connectivity index (χ0n) is 10.4. The highest BCUT2D eigenvalue weighted by Crippen LogP contribution is 2.27. The van der Waals surface area contributed by atoms with Crippen molar-refractivity contribution in [2.75, 3.05) is 0 Å². The molecule has 0 N–H and O–H groups in total. The minimum Gasteiger partial charge on any atom is -0.462 e. The SMILES string of the molecule is CC1CC(Cc2cccc3ccccc23)C(=O)O1. The summed E-state index contributed by atoms with van der Waals surface area (Å²) in [6.07, 6.45) is 1.68. The van der Waals surface area contributed by atoms with Gasteiger partial charge in [0.15, 0.2) is 0 Å². The predicted molar refractivity (Wildman–Crippen MR) is 71.3 cm³/mol. The van der Waals surface area contributed by atoms with Gasteiger partial charge in [0.25, 0.3) is 0 Å². The van der Waals surface area contributed by atoms with E-state index < -0.39 is 0 Å². The van der Waals surface area contributed by atoms with Crippen molar-refractivity contribution < 1.29 is 9.53 Å². The Labute approximate surface area is 107 Å². The highest BCUT2D eigenvalue weighted by molar-refractivity contribution is 5.86. The zero-order chi connectivity index (χ0) is 12.5. The number of benzene rings is 2. The Kier molecular flexibility index (Phi) is 2.78. The maximum absolute atomic E-state index is 11.7. The summed E-state index contributed by atoms with van der Waals surface area (Å²) in [6.45, 7) is 1.96. The normalized spacial score (nSPS) is 23.3. The Morgan fingerprint density at radius 3 is 2.72 bits per heavy atom. The molecule has 0 spiro atoms. The van der Waals surface area contributed by atoms with E-state index in [0.717, 1.165) is 12.8 Å². The lowest BCUT2D eigenvalue weighted by Crippen LogP contribution is -2.10. The minimum atomic E-state index is -0.0459. The molecule has 2 unspecified atom stereocenters. The Hall–Kier alpha value is -1.83. The smallest absolute Gasteiger partial charge is 0.309 e. The molecule has 0 aliphatic carbocycles. The first-order valence-electron chi connectivity index (χ1n) is 6.41. The molecule has 2 aromatic carbocycles. The monoisotopic (exact) mass is 240 g/mol. The van der Waals surface area contributed by atoms with E-state index in [1.807, 2.05) is 19.1 Å². The summed E-state index contributed by atoms with van der Waals surface area (Å²) in [7, 11) is 0. The van der Waals surface area contributed by atoms with Crippen molar-refractivity contribution in [1.82, 2.24) is 0 Å². The van der Waals surface area contributed by atoms with Crippen LogP contribution in [0.4, 0.5) is 0 Å². The summed E-state index contributed by atoms with van der Waals surface area (Å²) in [5.41, 5.74) is 1.24. The van der Waals surface area contributed by atoms with Gasteiger partial charge in [-0.25, -0.2) is 0 Å². The number of ether oxygens (including phenoxy) is 1. The van der Waals surface area contributed by atoms with Crippen LogP contribution in [0.1, 0.15) is 18.9 Å². The van der Waals surface area contributed by atoms with Crippen LogP contribution in [0.2, 0.25) is 0 Å². The van der Waals surface area contributed by atoms with Crippen molar-refractivity contribution in [3.05, 3.63) is 48.0 Å². The lowest BCUT2D eigenvalue weighted by molar-refractivity contribution is -0.143. The van der Waals surface area contributed by atoms with Gasteiger partial charge in [-0.15, -0.1) is 0 Å². The third-order valence-electron chi connectivity index (χ3n) is 3.61. The number of esters is 1. The van der Waals surface area contributed by atoms with Crippen molar-refractivity contribution >= 4 is 16.7 Å². The van der Waals surface area contributed by atoms with E-state index in [1.54, 1.807) is 0 Å². The molecule has 2 nitrogen and oxygen atoms in total. The summed E-state index contributed by atoms with van der Waals surface area (Å²) < 4.78 is 5.22. The standard InChI is InChI=1S/C16H16O2/c1-11-9-14(16(17)18-11)10-13-7-4-6-12-5-2-3-8-15(12)13/h2-8,11,14H,9-10H2,1H3. The molecule has 3 rings (SSSR count). The summed E-state index contributed by atoms with van der Waals surface area (Å²) in [6, 6.07) is 14.6. The Morgan fingerprint density at radius 1 is 1.17 bits per heavy atom. The van der Waals surface area contributed by atoms with Crippen molar-refractivity contribution in [2.24, 2.45) is 5.92 Å². The van der Waals surface area contributed by atoms with E-state index in [2.05, 4.69) is 30.3 Å². The van der Waals surface area contributed by atoms with Crippen LogP contribution >= 0.6 is 0 Å². The van der Waals surface area contributed by atoms with E-state index >= 15 is 0 Å². The van der Waals surface area contributed by atoms with Crippen LogP contribution in [-0.2, 0) is 16.0 Å². The van der Waals surface area contributed by atoms with Crippen molar-refractivity contribution in [3.63, 3.8) is 0 Å². The van der Waals surface area contributed by atoms with Gasteiger partial charge in [0.1, 0.15) is 0 Å². The first kappa shape index (κ1) is 11.3. The molecule has 18 heavy (non-hydrogen) atoms. The minimum absolute atomic E-state index is 0.0193. The topological polar surface area (TPSA) is 26.3 Å². The first-order valence-corrected chi connectivity index (χ1v) is 6.41.